The highest BCUT2D eigenvalue weighted by atomic mass is 32.2. The quantitative estimate of drug-likeness (QED) is 0.309. The van der Waals surface area contributed by atoms with Gasteiger partial charge in [-0.05, 0) is 66.3 Å². The maximum absolute atomic E-state index is 14.0. The van der Waals surface area contributed by atoms with E-state index in [2.05, 4.69) is 38.1 Å². The monoisotopic (exact) mass is 507 g/mol. The van der Waals surface area contributed by atoms with E-state index in [1.54, 1.807) is 11.8 Å². The zero-order valence-electron chi connectivity index (χ0n) is 20.6. The topological polar surface area (TPSA) is 29.5 Å². The van der Waals surface area contributed by atoms with E-state index in [9.17, 15) is 13.6 Å². The predicted octanol–water partition coefficient (Wildman–Crippen LogP) is 7.60. The lowest BCUT2D eigenvalue weighted by molar-refractivity contribution is 0.0349. The van der Waals surface area contributed by atoms with Gasteiger partial charge in [-0.25, -0.2) is 8.78 Å². The van der Waals surface area contributed by atoms with Crippen molar-refractivity contribution in [1.29, 1.82) is 0 Å². The Morgan fingerprint density at radius 3 is 2.25 bits per heavy atom. The van der Waals surface area contributed by atoms with Gasteiger partial charge in [0.05, 0.1) is 0 Å². The number of ether oxygens (including phenoxy) is 1. The van der Waals surface area contributed by atoms with Crippen molar-refractivity contribution in [3.63, 3.8) is 0 Å². The highest BCUT2D eigenvalue weighted by Gasteiger charge is 2.44. The smallest absolute Gasteiger partial charge is 0.254 e. The fraction of sp³-hybridized carbons (Fsp3) is 0.367. The van der Waals surface area contributed by atoms with Crippen molar-refractivity contribution in [3.8, 4) is 5.75 Å². The molecule has 0 spiro atoms. The van der Waals surface area contributed by atoms with E-state index in [0.717, 1.165) is 24.7 Å². The molecule has 2 bridgehead atoms. The standard InChI is InChI=1S/C30H31F2NO2S/c1-19(2)21-7-12-27(13-8-21)36-18-20-3-5-22(6-4-20)30(34)33-24-10-11-25(33)17-26(16-24)35-29-14-9-23(31)15-28(29)32/h3-9,12-15,19,24-26H,10-11,16-18H2,1-2H3/t24-,25-/m0/s1. The van der Waals surface area contributed by atoms with Gasteiger partial charge in [0.2, 0.25) is 0 Å². The first-order chi connectivity index (χ1) is 17.4. The van der Waals surface area contributed by atoms with E-state index in [4.69, 9.17) is 4.74 Å². The first-order valence-electron chi connectivity index (χ1n) is 12.6. The first-order valence-corrected chi connectivity index (χ1v) is 13.6. The lowest BCUT2D eigenvalue weighted by Gasteiger charge is -2.39. The zero-order chi connectivity index (χ0) is 25.2. The molecule has 188 valence electrons. The summed E-state index contributed by atoms with van der Waals surface area (Å²) in [5, 5.41) is 0. The van der Waals surface area contributed by atoms with Crippen LogP contribution in [0.3, 0.4) is 0 Å². The molecule has 0 N–H and O–H groups in total. The average molecular weight is 508 g/mol. The Labute approximate surface area is 215 Å². The van der Waals surface area contributed by atoms with Crippen LogP contribution < -0.4 is 4.74 Å². The molecule has 0 radical (unpaired) electrons. The van der Waals surface area contributed by atoms with E-state index in [1.807, 2.05) is 29.2 Å². The van der Waals surface area contributed by atoms with Crippen LogP contribution in [0.4, 0.5) is 8.78 Å². The third-order valence-corrected chi connectivity index (χ3v) is 8.35. The third kappa shape index (κ3) is 5.44. The fourth-order valence-corrected chi connectivity index (χ4v) is 6.17. The Balaban J connectivity index is 1.18. The van der Waals surface area contributed by atoms with Crippen LogP contribution in [0.1, 0.15) is 66.9 Å². The number of thioether (sulfide) groups is 1. The van der Waals surface area contributed by atoms with Crippen LogP contribution in [0.2, 0.25) is 0 Å². The van der Waals surface area contributed by atoms with E-state index < -0.39 is 11.6 Å². The number of fused-ring (bicyclic) bond motifs is 2. The zero-order valence-corrected chi connectivity index (χ0v) is 21.4. The minimum absolute atomic E-state index is 0.0531. The second-order valence-electron chi connectivity index (χ2n) is 10.1. The minimum atomic E-state index is -0.688. The molecule has 3 nitrogen and oxygen atoms in total. The molecule has 3 aromatic rings. The maximum Gasteiger partial charge on any atom is 0.254 e. The number of halogens is 2. The predicted molar refractivity (Wildman–Crippen MR) is 140 cm³/mol. The van der Waals surface area contributed by atoms with Crippen LogP contribution in [-0.4, -0.2) is 29.0 Å². The van der Waals surface area contributed by atoms with Crippen molar-refractivity contribution in [2.24, 2.45) is 0 Å². The van der Waals surface area contributed by atoms with Gasteiger partial charge >= 0.3 is 0 Å². The Hall–Kier alpha value is -2.86. The molecular weight excluding hydrogens is 476 g/mol. The van der Waals surface area contributed by atoms with Gasteiger partial charge in [0.1, 0.15) is 11.9 Å². The molecule has 2 atom stereocenters. The highest BCUT2D eigenvalue weighted by molar-refractivity contribution is 7.98. The Morgan fingerprint density at radius 2 is 1.64 bits per heavy atom. The van der Waals surface area contributed by atoms with E-state index in [0.29, 0.717) is 24.3 Å². The van der Waals surface area contributed by atoms with Crippen LogP contribution >= 0.6 is 11.8 Å². The van der Waals surface area contributed by atoms with Crippen LogP contribution in [0.25, 0.3) is 0 Å². The molecule has 0 aliphatic carbocycles. The molecule has 1 amide bonds. The molecule has 2 heterocycles. The average Bonchev–Trinajstić information content (AvgIpc) is 3.14. The van der Waals surface area contributed by atoms with Crippen molar-refractivity contribution < 1.29 is 18.3 Å². The normalized spacial score (nSPS) is 21.1. The molecule has 2 fully saturated rings. The molecule has 2 aliphatic rings. The van der Waals surface area contributed by atoms with Gasteiger partial charge in [-0.2, -0.15) is 0 Å². The summed E-state index contributed by atoms with van der Waals surface area (Å²) >= 11 is 1.79. The summed E-state index contributed by atoms with van der Waals surface area (Å²) < 4.78 is 33.1. The number of carbonyl (C=O) groups is 1. The Bertz CT molecular complexity index is 1200. The van der Waals surface area contributed by atoms with Gasteiger partial charge in [0, 0.05) is 47.2 Å². The summed E-state index contributed by atoms with van der Waals surface area (Å²) in [6.45, 7) is 4.39. The summed E-state index contributed by atoms with van der Waals surface area (Å²) in [6.07, 6.45) is 2.98. The fourth-order valence-electron chi connectivity index (χ4n) is 5.31. The van der Waals surface area contributed by atoms with Crippen LogP contribution in [0.15, 0.2) is 71.6 Å². The number of hydrogen-bond acceptors (Lipinski definition) is 3. The second kappa shape index (κ2) is 10.6. The van der Waals surface area contributed by atoms with Crippen molar-refractivity contribution in [1.82, 2.24) is 4.90 Å². The molecule has 0 aromatic heterocycles. The number of piperidine rings is 1. The van der Waals surface area contributed by atoms with Crippen LogP contribution in [0.5, 0.6) is 5.75 Å². The van der Waals surface area contributed by atoms with Crippen LogP contribution in [-0.2, 0) is 5.75 Å². The van der Waals surface area contributed by atoms with Crippen molar-refractivity contribution in [2.45, 2.75) is 74.3 Å². The lowest BCUT2D eigenvalue weighted by Crippen LogP contribution is -2.49. The molecule has 3 aromatic carbocycles. The molecule has 2 aliphatic heterocycles. The molecule has 6 heteroatoms. The summed E-state index contributed by atoms with van der Waals surface area (Å²) in [4.78, 5) is 16.6. The van der Waals surface area contributed by atoms with Gasteiger partial charge in [0.25, 0.3) is 5.91 Å². The van der Waals surface area contributed by atoms with Crippen LogP contribution in [0, 0.1) is 11.6 Å². The number of hydrogen-bond donors (Lipinski definition) is 0. The highest BCUT2D eigenvalue weighted by Crippen LogP contribution is 2.38. The number of benzene rings is 3. The van der Waals surface area contributed by atoms with E-state index >= 15 is 0 Å². The molecule has 0 saturated carbocycles. The van der Waals surface area contributed by atoms with Gasteiger partial charge in [-0.1, -0.05) is 38.1 Å². The Morgan fingerprint density at radius 1 is 0.972 bits per heavy atom. The molecule has 36 heavy (non-hydrogen) atoms. The van der Waals surface area contributed by atoms with Gasteiger partial charge in [-0.3, -0.25) is 4.79 Å². The Kier molecular flexibility index (Phi) is 7.33. The lowest BCUT2D eigenvalue weighted by atomic mass is 9.98. The van der Waals surface area contributed by atoms with Gasteiger partial charge < -0.3 is 9.64 Å². The van der Waals surface area contributed by atoms with Crippen molar-refractivity contribution >= 4 is 17.7 Å². The SMILES string of the molecule is CC(C)c1ccc(SCc2ccc(C(=O)N3[C@H]4CC[C@H]3CC(Oc3ccc(F)cc3F)C4)cc2)cc1. The summed E-state index contributed by atoms with van der Waals surface area (Å²) in [5.41, 5.74) is 3.22. The number of amides is 1. The molecule has 0 unspecified atom stereocenters. The third-order valence-electron chi connectivity index (χ3n) is 7.27. The largest absolute Gasteiger partial charge is 0.487 e. The van der Waals surface area contributed by atoms with E-state index in [-0.39, 0.29) is 29.8 Å². The maximum atomic E-state index is 14.0. The summed E-state index contributed by atoms with van der Waals surface area (Å²) in [5.74, 6) is 0.198. The number of carbonyl (C=O) groups excluding carboxylic acids is 1. The summed E-state index contributed by atoms with van der Waals surface area (Å²) in [7, 11) is 0. The minimum Gasteiger partial charge on any atom is -0.487 e. The van der Waals surface area contributed by atoms with Crippen molar-refractivity contribution in [3.05, 3.63) is 95.1 Å². The van der Waals surface area contributed by atoms with Gasteiger partial charge in [0.15, 0.2) is 11.6 Å². The van der Waals surface area contributed by atoms with Gasteiger partial charge in [-0.15, -0.1) is 11.8 Å². The number of rotatable bonds is 7. The number of nitrogens with zero attached hydrogens (tertiary/aromatic N) is 1. The van der Waals surface area contributed by atoms with Crippen molar-refractivity contribution in [2.75, 3.05) is 0 Å². The molecule has 5 rings (SSSR count). The molecular formula is C30H31F2NO2S. The summed E-state index contributed by atoms with van der Waals surface area (Å²) in [6, 6.07) is 20.2. The second-order valence-corrected chi connectivity index (χ2v) is 11.1. The first kappa shape index (κ1) is 24.8. The molecule has 2 saturated heterocycles. The van der Waals surface area contributed by atoms with E-state index in [1.165, 1.54) is 28.2 Å².